The fourth-order valence-electron chi connectivity index (χ4n) is 2.68. The van der Waals surface area contributed by atoms with E-state index in [-0.39, 0.29) is 0 Å². The highest BCUT2D eigenvalue weighted by Crippen LogP contribution is 2.44. The first-order valence-corrected chi connectivity index (χ1v) is 6.05. The molecule has 0 aliphatic heterocycles. The van der Waals surface area contributed by atoms with Gasteiger partial charge in [-0.3, -0.25) is 0 Å². The Labute approximate surface area is 92.9 Å². The van der Waals surface area contributed by atoms with Crippen molar-refractivity contribution in [1.82, 2.24) is 5.32 Å². The normalized spacial score (nSPS) is 18.5. The summed E-state index contributed by atoms with van der Waals surface area (Å²) in [5.74, 6) is 0. The van der Waals surface area contributed by atoms with Crippen LogP contribution in [0.1, 0.15) is 37.3 Å². The Bertz CT molecular complexity index is 326. The molecule has 1 nitrogen and oxygen atoms in total. The molecule has 1 aliphatic rings. The van der Waals surface area contributed by atoms with E-state index < -0.39 is 0 Å². The van der Waals surface area contributed by atoms with Gasteiger partial charge in [-0.15, -0.1) is 0 Å². The van der Waals surface area contributed by atoms with Gasteiger partial charge in [0.15, 0.2) is 0 Å². The number of nitrogens with one attached hydrogen (secondary N) is 1. The van der Waals surface area contributed by atoms with Gasteiger partial charge < -0.3 is 5.32 Å². The van der Waals surface area contributed by atoms with Crippen LogP contribution in [0.25, 0.3) is 0 Å². The van der Waals surface area contributed by atoms with Crippen molar-refractivity contribution in [2.75, 3.05) is 13.1 Å². The molecule has 15 heavy (non-hydrogen) atoms. The Hall–Kier alpha value is -0.820. The van der Waals surface area contributed by atoms with Crippen molar-refractivity contribution in [1.29, 1.82) is 0 Å². The average molecular weight is 203 g/mol. The highest BCUT2D eigenvalue weighted by Gasteiger charge is 2.38. The fourth-order valence-corrected chi connectivity index (χ4v) is 2.68. The Morgan fingerprint density at radius 3 is 2.53 bits per heavy atom. The van der Waals surface area contributed by atoms with Crippen molar-refractivity contribution < 1.29 is 0 Å². The maximum Gasteiger partial charge on any atom is 0.00804 e. The summed E-state index contributed by atoms with van der Waals surface area (Å²) in [7, 11) is 0. The molecule has 1 saturated carbocycles. The lowest BCUT2D eigenvalue weighted by atomic mass is 9.63. The summed E-state index contributed by atoms with van der Waals surface area (Å²) in [4.78, 5) is 0. The van der Waals surface area contributed by atoms with Gasteiger partial charge in [0.2, 0.25) is 0 Å². The Balaban J connectivity index is 2.22. The van der Waals surface area contributed by atoms with Gasteiger partial charge in [0, 0.05) is 12.0 Å². The number of rotatable bonds is 4. The topological polar surface area (TPSA) is 12.0 Å². The van der Waals surface area contributed by atoms with Crippen LogP contribution in [0, 0.1) is 6.92 Å². The summed E-state index contributed by atoms with van der Waals surface area (Å²) in [6.07, 6.45) is 4.09. The first-order valence-electron chi connectivity index (χ1n) is 6.05. The van der Waals surface area contributed by atoms with Crippen LogP contribution < -0.4 is 5.32 Å². The van der Waals surface area contributed by atoms with Crippen LogP contribution in [-0.2, 0) is 5.41 Å². The molecule has 82 valence electrons. The molecule has 1 N–H and O–H groups in total. The average Bonchev–Trinajstić information content (AvgIpc) is 2.19. The molecular formula is C14H21N. The van der Waals surface area contributed by atoms with E-state index in [2.05, 4.69) is 43.4 Å². The van der Waals surface area contributed by atoms with Gasteiger partial charge in [-0.05, 0) is 37.4 Å². The third-order valence-electron chi connectivity index (χ3n) is 3.74. The lowest BCUT2D eigenvalue weighted by Gasteiger charge is -2.43. The van der Waals surface area contributed by atoms with Crippen LogP contribution in [0.4, 0.5) is 0 Å². The van der Waals surface area contributed by atoms with Gasteiger partial charge in [-0.25, -0.2) is 0 Å². The smallest absolute Gasteiger partial charge is 0.00804 e. The van der Waals surface area contributed by atoms with E-state index in [1.165, 1.54) is 24.8 Å². The van der Waals surface area contributed by atoms with E-state index >= 15 is 0 Å². The first-order chi connectivity index (χ1) is 7.28. The zero-order valence-corrected chi connectivity index (χ0v) is 9.84. The van der Waals surface area contributed by atoms with E-state index in [0.717, 1.165) is 13.1 Å². The zero-order chi connectivity index (χ0) is 10.7. The Morgan fingerprint density at radius 1 is 1.27 bits per heavy atom. The summed E-state index contributed by atoms with van der Waals surface area (Å²) in [6, 6.07) is 8.86. The van der Waals surface area contributed by atoms with E-state index in [4.69, 9.17) is 0 Å². The van der Waals surface area contributed by atoms with Gasteiger partial charge in [0.1, 0.15) is 0 Å². The number of aryl methyl sites for hydroxylation is 1. The second kappa shape index (κ2) is 4.36. The fraction of sp³-hybridized carbons (Fsp3) is 0.571. The molecule has 0 radical (unpaired) electrons. The molecule has 0 aromatic heterocycles. The maximum atomic E-state index is 3.52. The van der Waals surface area contributed by atoms with E-state index in [0.29, 0.717) is 5.41 Å². The molecule has 1 aliphatic carbocycles. The van der Waals surface area contributed by atoms with Crippen molar-refractivity contribution in [3.05, 3.63) is 35.4 Å². The Kier molecular flexibility index (Phi) is 3.11. The van der Waals surface area contributed by atoms with Crippen LogP contribution in [0.3, 0.4) is 0 Å². The molecular weight excluding hydrogens is 182 g/mol. The predicted molar refractivity (Wildman–Crippen MR) is 65.3 cm³/mol. The predicted octanol–water partition coefficient (Wildman–Crippen LogP) is 3.03. The standard InChI is InChI=1S/C14H21N/c1-3-15-11-14(9-6-10-14)13-8-5-4-7-12(13)2/h4-5,7-8,15H,3,6,9-11H2,1-2H3. The highest BCUT2D eigenvalue weighted by molar-refractivity contribution is 5.35. The van der Waals surface area contributed by atoms with Crippen LogP contribution in [0.2, 0.25) is 0 Å². The molecule has 0 heterocycles. The molecule has 1 aromatic carbocycles. The summed E-state index contributed by atoms with van der Waals surface area (Å²) in [5.41, 5.74) is 3.47. The van der Waals surface area contributed by atoms with E-state index in [1.807, 2.05) is 0 Å². The van der Waals surface area contributed by atoms with Crippen LogP contribution >= 0.6 is 0 Å². The van der Waals surface area contributed by atoms with E-state index in [1.54, 1.807) is 5.56 Å². The minimum atomic E-state index is 0.446. The minimum absolute atomic E-state index is 0.446. The summed E-state index contributed by atoms with van der Waals surface area (Å²) < 4.78 is 0. The first kappa shape index (κ1) is 10.7. The minimum Gasteiger partial charge on any atom is -0.316 e. The summed E-state index contributed by atoms with van der Waals surface area (Å²) in [6.45, 7) is 6.65. The molecule has 0 bridgehead atoms. The van der Waals surface area contributed by atoms with Crippen molar-refractivity contribution in [3.63, 3.8) is 0 Å². The number of hydrogen-bond donors (Lipinski definition) is 1. The second-order valence-corrected chi connectivity index (χ2v) is 4.73. The maximum absolute atomic E-state index is 3.52. The van der Waals surface area contributed by atoms with Gasteiger partial charge >= 0.3 is 0 Å². The van der Waals surface area contributed by atoms with Crippen molar-refractivity contribution >= 4 is 0 Å². The number of hydrogen-bond acceptors (Lipinski definition) is 1. The van der Waals surface area contributed by atoms with Crippen molar-refractivity contribution in [2.45, 2.75) is 38.5 Å². The lowest BCUT2D eigenvalue weighted by molar-refractivity contribution is 0.234. The van der Waals surface area contributed by atoms with Crippen LogP contribution in [0.15, 0.2) is 24.3 Å². The Morgan fingerprint density at radius 2 is 2.00 bits per heavy atom. The largest absolute Gasteiger partial charge is 0.316 e. The van der Waals surface area contributed by atoms with E-state index in [9.17, 15) is 0 Å². The summed E-state index contributed by atoms with van der Waals surface area (Å²) in [5, 5.41) is 3.52. The lowest BCUT2D eigenvalue weighted by Crippen LogP contribution is -2.44. The SMILES string of the molecule is CCNCC1(c2ccccc2C)CCC1. The molecule has 0 spiro atoms. The summed E-state index contributed by atoms with van der Waals surface area (Å²) >= 11 is 0. The molecule has 0 saturated heterocycles. The van der Waals surface area contributed by atoms with Gasteiger partial charge in [0.05, 0.1) is 0 Å². The second-order valence-electron chi connectivity index (χ2n) is 4.73. The quantitative estimate of drug-likeness (QED) is 0.793. The monoisotopic (exact) mass is 203 g/mol. The van der Waals surface area contributed by atoms with Gasteiger partial charge in [-0.2, -0.15) is 0 Å². The number of likely N-dealkylation sites (N-methyl/N-ethyl adjacent to an activating group) is 1. The van der Waals surface area contributed by atoms with Gasteiger partial charge in [0.25, 0.3) is 0 Å². The molecule has 1 aromatic rings. The highest BCUT2D eigenvalue weighted by atomic mass is 14.9. The molecule has 0 unspecified atom stereocenters. The molecule has 1 heteroatoms. The number of benzene rings is 1. The molecule has 2 rings (SSSR count). The van der Waals surface area contributed by atoms with Crippen molar-refractivity contribution in [2.24, 2.45) is 0 Å². The zero-order valence-electron chi connectivity index (χ0n) is 9.84. The van der Waals surface area contributed by atoms with Gasteiger partial charge in [-0.1, -0.05) is 37.6 Å². The van der Waals surface area contributed by atoms with Crippen LogP contribution in [-0.4, -0.2) is 13.1 Å². The molecule has 1 fully saturated rings. The third-order valence-corrected chi connectivity index (χ3v) is 3.74. The van der Waals surface area contributed by atoms with Crippen molar-refractivity contribution in [3.8, 4) is 0 Å². The molecule has 0 atom stereocenters. The molecule has 0 amide bonds. The van der Waals surface area contributed by atoms with Crippen LogP contribution in [0.5, 0.6) is 0 Å². The third kappa shape index (κ3) is 1.93.